The molecule has 88 valence electrons. The minimum atomic E-state index is -0.0699. The van der Waals surface area contributed by atoms with Crippen LogP contribution in [-0.4, -0.2) is 34.2 Å². The average Bonchev–Trinajstić information content (AvgIpc) is 2.31. The summed E-state index contributed by atoms with van der Waals surface area (Å²) in [6, 6.07) is 6.64. The second kappa shape index (κ2) is 5.41. The van der Waals surface area contributed by atoms with Crippen LogP contribution >= 0.6 is 0 Å². The van der Waals surface area contributed by atoms with Gasteiger partial charge in [-0.15, -0.1) is 0 Å². The fourth-order valence-electron chi connectivity index (χ4n) is 2.38. The van der Waals surface area contributed by atoms with Crippen LogP contribution in [0.25, 0.3) is 0 Å². The van der Waals surface area contributed by atoms with E-state index in [9.17, 15) is 5.11 Å². The molecule has 0 aromatic carbocycles. The molecule has 0 amide bonds. The quantitative estimate of drug-likeness (QED) is 0.844. The van der Waals surface area contributed by atoms with Gasteiger partial charge in [-0.2, -0.15) is 0 Å². The minimum absolute atomic E-state index is 0.0699. The van der Waals surface area contributed by atoms with Crippen molar-refractivity contribution in [2.45, 2.75) is 44.4 Å². The van der Waals surface area contributed by atoms with Crippen LogP contribution in [-0.2, 0) is 6.54 Å². The Labute approximate surface area is 97.1 Å². The van der Waals surface area contributed by atoms with Crippen molar-refractivity contribution in [2.24, 2.45) is 0 Å². The summed E-state index contributed by atoms with van der Waals surface area (Å²) < 4.78 is 0. The van der Waals surface area contributed by atoms with E-state index in [2.05, 4.69) is 23.0 Å². The van der Waals surface area contributed by atoms with Crippen molar-refractivity contribution in [3.8, 4) is 0 Å². The summed E-state index contributed by atoms with van der Waals surface area (Å²) in [5.74, 6) is 0. The lowest BCUT2D eigenvalue weighted by atomic mass is 9.92. The van der Waals surface area contributed by atoms with E-state index in [1.807, 2.05) is 18.3 Å². The Bertz CT molecular complexity index is 307. The molecule has 2 rings (SSSR count). The van der Waals surface area contributed by atoms with E-state index >= 15 is 0 Å². The first-order valence-corrected chi connectivity index (χ1v) is 6.04. The third kappa shape index (κ3) is 3.03. The molecule has 0 spiro atoms. The van der Waals surface area contributed by atoms with Gasteiger partial charge in [-0.25, -0.2) is 0 Å². The molecule has 0 atom stereocenters. The topological polar surface area (TPSA) is 36.4 Å². The summed E-state index contributed by atoms with van der Waals surface area (Å²) in [7, 11) is 2.15. The van der Waals surface area contributed by atoms with Gasteiger partial charge in [0.05, 0.1) is 11.8 Å². The fraction of sp³-hybridized carbons (Fsp3) is 0.615. The molecule has 16 heavy (non-hydrogen) atoms. The van der Waals surface area contributed by atoms with Crippen molar-refractivity contribution in [3.63, 3.8) is 0 Å². The first-order chi connectivity index (χ1) is 7.75. The minimum Gasteiger partial charge on any atom is -0.393 e. The third-order valence-corrected chi connectivity index (χ3v) is 3.43. The Morgan fingerprint density at radius 1 is 1.31 bits per heavy atom. The Balaban J connectivity index is 1.86. The summed E-state index contributed by atoms with van der Waals surface area (Å²) in [6.45, 7) is 0.904. The molecule has 1 aromatic heterocycles. The number of aromatic nitrogens is 1. The maximum atomic E-state index is 9.47. The summed E-state index contributed by atoms with van der Waals surface area (Å²) in [4.78, 5) is 6.69. The SMILES string of the molecule is CN(Cc1ccccn1)C1CCC(O)CC1. The molecule has 0 saturated heterocycles. The van der Waals surface area contributed by atoms with Crippen LogP contribution in [0, 0.1) is 0 Å². The molecular formula is C13H20N2O. The smallest absolute Gasteiger partial charge is 0.0543 e. The van der Waals surface area contributed by atoms with Crippen LogP contribution in [0.4, 0.5) is 0 Å². The van der Waals surface area contributed by atoms with Crippen molar-refractivity contribution in [2.75, 3.05) is 7.05 Å². The molecule has 0 radical (unpaired) electrons. The summed E-state index contributed by atoms with van der Waals surface area (Å²) in [6.07, 6.45) is 5.86. The standard InChI is InChI=1S/C13H20N2O/c1-15(10-11-4-2-3-9-14-11)12-5-7-13(16)8-6-12/h2-4,9,12-13,16H,5-8,10H2,1H3. The van der Waals surface area contributed by atoms with E-state index in [4.69, 9.17) is 0 Å². The summed E-state index contributed by atoms with van der Waals surface area (Å²) >= 11 is 0. The lowest BCUT2D eigenvalue weighted by Crippen LogP contribution is -2.36. The van der Waals surface area contributed by atoms with E-state index in [0.717, 1.165) is 37.9 Å². The third-order valence-electron chi connectivity index (χ3n) is 3.43. The van der Waals surface area contributed by atoms with E-state index < -0.39 is 0 Å². The van der Waals surface area contributed by atoms with E-state index in [0.29, 0.717) is 6.04 Å². The molecule has 1 aliphatic carbocycles. The molecule has 1 aliphatic rings. The second-order valence-electron chi connectivity index (χ2n) is 4.70. The Kier molecular flexibility index (Phi) is 3.91. The van der Waals surface area contributed by atoms with Crippen molar-refractivity contribution in [1.29, 1.82) is 0 Å². The van der Waals surface area contributed by atoms with Crippen LogP contribution < -0.4 is 0 Å². The van der Waals surface area contributed by atoms with Crippen molar-refractivity contribution in [1.82, 2.24) is 9.88 Å². The Morgan fingerprint density at radius 3 is 2.69 bits per heavy atom. The zero-order chi connectivity index (χ0) is 11.4. The monoisotopic (exact) mass is 220 g/mol. The van der Waals surface area contributed by atoms with Crippen LogP contribution in [0.2, 0.25) is 0 Å². The highest BCUT2D eigenvalue weighted by Crippen LogP contribution is 2.22. The van der Waals surface area contributed by atoms with Crippen LogP contribution in [0.5, 0.6) is 0 Å². The Morgan fingerprint density at radius 2 is 2.06 bits per heavy atom. The van der Waals surface area contributed by atoms with E-state index in [1.165, 1.54) is 0 Å². The first kappa shape index (κ1) is 11.6. The molecule has 3 nitrogen and oxygen atoms in total. The molecule has 1 N–H and O–H groups in total. The van der Waals surface area contributed by atoms with Crippen LogP contribution in [0.1, 0.15) is 31.4 Å². The molecule has 3 heteroatoms. The number of hydrogen-bond donors (Lipinski definition) is 1. The number of aliphatic hydroxyl groups excluding tert-OH is 1. The highest BCUT2D eigenvalue weighted by molar-refractivity contribution is 5.03. The number of hydrogen-bond acceptors (Lipinski definition) is 3. The average molecular weight is 220 g/mol. The van der Waals surface area contributed by atoms with Gasteiger partial charge in [0.1, 0.15) is 0 Å². The van der Waals surface area contributed by atoms with Gasteiger partial charge in [0, 0.05) is 18.8 Å². The van der Waals surface area contributed by atoms with E-state index in [-0.39, 0.29) is 6.10 Å². The van der Waals surface area contributed by atoms with Crippen molar-refractivity contribution >= 4 is 0 Å². The van der Waals surface area contributed by atoms with Crippen LogP contribution in [0.15, 0.2) is 24.4 Å². The molecule has 0 aliphatic heterocycles. The second-order valence-corrected chi connectivity index (χ2v) is 4.70. The Hall–Kier alpha value is -0.930. The zero-order valence-corrected chi connectivity index (χ0v) is 9.84. The first-order valence-electron chi connectivity index (χ1n) is 6.04. The van der Waals surface area contributed by atoms with Gasteiger partial charge in [0.25, 0.3) is 0 Å². The maximum Gasteiger partial charge on any atom is 0.0543 e. The highest BCUT2D eigenvalue weighted by atomic mass is 16.3. The maximum absolute atomic E-state index is 9.47. The number of pyridine rings is 1. The van der Waals surface area contributed by atoms with Crippen LogP contribution in [0.3, 0.4) is 0 Å². The van der Waals surface area contributed by atoms with Gasteiger partial charge in [-0.05, 0) is 44.9 Å². The molecule has 1 aromatic rings. The molecule has 1 heterocycles. The van der Waals surface area contributed by atoms with Gasteiger partial charge >= 0.3 is 0 Å². The zero-order valence-electron chi connectivity index (χ0n) is 9.84. The van der Waals surface area contributed by atoms with Gasteiger partial charge in [0.15, 0.2) is 0 Å². The lowest BCUT2D eigenvalue weighted by molar-refractivity contribution is 0.0814. The number of nitrogens with zero attached hydrogens (tertiary/aromatic N) is 2. The molecule has 0 unspecified atom stereocenters. The van der Waals surface area contributed by atoms with Gasteiger partial charge < -0.3 is 5.11 Å². The van der Waals surface area contributed by atoms with Crippen molar-refractivity contribution in [3.05, 3.63) is 30.1 Å². The molecule has 1 fully saturated rings. The van der Waals surface area contributed by atoms with Gasteiger partial charge in [-0.3, -0.25) is 9.88 Å². The van der Waals surface area contributed by atoms with Crippen molar-refractivity contribution < 1.29 is 5.11 Å². The number of rotatable bonds is 3. The number of aliphatic hydroxyl groups is 1. The lowest BCUT2D eigenvalue weighted by Gasteiger charge is -2.32. The normalized spacial score (nSPS) is 25.9. The largest absolute Gasteiger partial charge is 0.393 e. The highest BCUT2D eigenvalue weighted by Gasteiger charge is 2.22. The summed E-state index contributed by atoms with van der Waals surface area (Å²) in [5, 5.41) is 9.47. The van der Waals surface area contributed by atoms with E-state index in [1.54, 1.807) is 0 Å². The molecular weight excluding hydrogens is 200 g/mol. The van der Waals surface area contributed by atoms with Gasteiger partial charge in [-0.1, -0.05) is 6.07 Å². The predicted octanol–water partition coefficient (Wildman–Crippen LogP) is 1.82. The van der Waals surface area contributed by atoms with Gasteiger partial charge in [0.2, 0.25) is 0 Å². The molecule has 0 bridgehead atoms. The predicted molar refractivity (Wildman–Crippen MR) is 64.0 cm³/mol. The summed E-state index contributed by atoms with van der Waals surface area (Å²) in [5.41, 5.74) is 1.12. The molecule has 1 saturated carbocycles. The fourth-order valence-corrected chi connectivity index (χ4v) is 2.38.